The first-order valence-corrected chi connectivity index (χ1v) is 4.64. The van der Waals surface area contributed by atoms with E-state index in [4.69, 9.17) is 17.3 Å². The number of benzene rings is 1. The average Bonchev–Trinajstić information content (AvgIpc) is 2.04. The van der Waals surface area contributed by atoms with E-state index in [0.29, 0.717) is 18.0 Å². The van der Waals surface area contributed by atoms with Crippen LogP contribution in [-0.2, 0) is 0 Å². The molecule has 0 amide bonds. The summed E-state index contributed by atoms with van der Waals surface area (Å²) in [4.78, 5) is 11.5. The van der Waals surface area contributed by atoms with Crippen molar-refractivity contribution in [3.8, 4) is 0 Å². The summed E-state index contributed by atoms with van der Waals surface area (Å²) in [5.74, 6) is 0.440. The number of alkyl halides is 1. The number of nitrogen functional groups attached to an aromatic ring is 1. The van der Waals surface area contributed by atoms with Gasteiger partial charge in [-0.15, -0.1) is 11.6 Å². The van der Waals surface area contributed by atoms with Gasteiger partial charge in [0.05, 0.1) is 0 Å². The maximum atomic E-state index is 11.5. The Morgan fingerprint density at radius 3 is 2.77 bits per heavy atom. The summed E-state index contributed by atoms with van der Waals surface area (Å²) in [6.45, 7) is 1.87. The number of hydrogen-bond donors (Lipinski definition) is 1. The van der Waals surface area contributed by atoms with E-state index in [1.165, 1.54) is 0 Å². The quantitative estimate of drug-likeness (QED) is 0.459. The Morgan fingerprint density at radius 1 is 1.54 bits per heavy atom. The van der Waals surface area contributed by atoms with E-state index in [0.717, 1.165) is 11.1 Å². The minimum atomic E-state index is 0.0764. The Hall–Kier alpha value is -1.02. The molecule has 0 aliphatic heterocycles. The molecule has 0 atom stereocenters. The number of halogens is 1. The molecule has 0 fully saturated rings. The molecule has 3 heteroatoms. The van der Waals surface area contributed by atoms with Crippen molar-refractivity contribution in [2.24, 2.45) is 0 Å². The molecular formula is C10H12ClNO. The third kappa shape index (κ3) is 2.46. The van der Waals surface area contributed by atoms with E-state index in [9.17, 15) is 4.79 Å². The second-order valence-electron chi connectivity index (χ2n) is 2.94. The van der Waals surface area contributed by atoms with Crippen molar-refractivity contribution in [3.05, 3.63) is 29.3 Å². The molecule has 0 heterocycles. The number of ketones is 1. The lowest BCUT2D eigenvalue weighted by atomic mass is 10.0. The average molecular weight is 198 g/mol. The van der Waals surface area contributed by atoms with Crippen LogP contribution in [0.2, 0.25) is 0 Å². The molecule has 13 heavy (non-hydrogen) atoms. The largest absolute Gasteiger partial charge is 0.399 e. The zero-order valence-electron chi connectivity index (χ0n) is 7.51. The smallest absolute Gasteiger partial charge is 0.164 e. The molecule has 0 saturated heterocycles. The fourth-order valence-corrected chi connectivity index (χ4v) is 1.39. The lowest BCUT2D eigenvalue weighted by Crippen LogP contribution is -2.02. The van der Waals surface area contributed by atoms with Gasteiger partial charge in [0, 0.05) is 23.6 Å². The van der Waals surface area contributed by atoms with Crippen LogP contribution in [0.5, 0.6) is 0 Å². The highest BCUT2D eigenvalue weighted by Crippen LogP contribution is 2.14. The maximum absolute atomic E-state index is 11.5. The number of anilines is 1. The summed E-state index contributed by atoms with van der Waals surface area (Å²) in [5, 5.41) is 0. The highest BCUT2D eigenvalue weighted by Gasteiger charge is 2.07. The summed E-state index contributed by atoms with van der Waals surface area (Å²) in [6, 6.07) is 5.27. The van der Waals surface area contributed by atoms with Gasteiger partial charge in [-0.1, -0.05) is 0 Å². The zero-order valence-corrected chi connectivity index (χ0v) is 8.27. The van der Waals surface area contributed by atoms with Crippen molar-refractivity contribution in [1.82, 2.24) is 0 Å². The van der Waals surface area contributed by atoms with Gasteiger partial charge >= 0.3 is 0 Å². The molecule has 0 aromatic heterocycles. The minimum Gasteiger partial charge on any atom is -0.399 e. The van der Waals surface area contributed by atoms with Crippen LogP contribution >= 0.6 is 11.6 Å². The molecule has 0 spiro atoms. The second-order valence-corrected chi connectivity index (χ2v) is 3.31. The predicted molar refractivity (Wildman–Crippen MR) is 55.3 cm³/mol. The van der Waals surface area contributed by atoms with Gasteiger partial charge in [0.1, 0.15) is 0 Å². The Balaban J connectivity index is 2.95. The van der Waals surface area contributed by atoms with Crippen LogP contribution in [0.1, 0.15) is 22.3 Å². The van der Waals surface area contributed by atoms with E-state index < -0.39 is 0 Å². The van der Waals surface area contributed by atoms with Crippen molar-refractivity contribution in [1.29, 1.82) is 0 Å². The molecule has 0 aliphatic carbocycles. The first kappa shape index (κ1) is 10.1. The summed E-state index contributed by atoms with van der Waals surface area (Å²) in [5.41, 5.74) is 7.87. The van der Waals surface area contributed by atoms with Gasteiger partial charge in [-0.3, -0.25) is 4.79 Å². The lowest BCUT2D eigenvalue weighted by Gasteiger charge is -2.04. The predicted octanol–water partition coefficient (Wildman–Crippen LogP) is 2.39. The topological polar surface area (TPSA) is 43.1 Å². The molecule has 0 unspecified atom stereocenters. The molecule has 1 rings (SSSR count). The fraction of sp³-hybridized carbons (Fsp3) is 0.300. The minimum absolute atomic E-state index is 0.0764. The monoisotopic (exact) mass is 197 g/mol. The van der Waals surface area contributed by atoms with Gasteiger partial charge < -0.3 is 5.73 Å². The molecular weight excluding hydrogens is 186 g/mol. The SMILES string of the molecule is Cc1cc(N)ccc1C(=O)CCCl. The molecule has 0 aliphatic rings. The lowest BCUT2D eigenvalue weighted by molar-refractivity contribution is 0.0988. The molecule has 0 bridgehead atoms. The molecule has 2 N–H and O–H groups in total. The van der Waals surface area contributed by atoms with Gasteiger partial charge in [-0.2, -0.15) is 0 Å². The van der Waals surface area contributed by atoms with Gasteiger partial charge in [-0.05, 0) is 30.7 Å². The number of rotatable bonds is 3. The van der Waals surface area contributed by atoms with Crippen LogP contribution in [0.3, 0.4) is 0 Å². The van der Waals surface area contributed by atoms with E-state index in [-0.39, 0.29) is 5.78 Å². The second kappa shape index (κ2) is 4.28. The molecule has 1 aromatic carbocycles. The van der Waals surface area contributed by atoms with Crippen LogP contribution in [0.4, 0.5) is 5.69 Å². The van der Waals surface area contributed by atoms with E-state index in [2.05, 4.69) is 0 Å². The van der Waals surface area contributed by atoms with E-state index in [1.54, 1.807) is 18.2 Å². The fourth-order valence-electron chi connectivity index (χ4n) is 1.22. The number of hydrogen-bond acceptors (Lipinski definition) is 2. The van der Waals surface area contributed by atoms with E-state index >= 15 is 0 Å². The van der Waals surface area contributed by atoms with Crippen molar-refractivity contribution in [2.45, 2.75) is 13.3 Å². The third-order valence-electron chi connectivity index (χ3n) is 1.87. The Morgan fingerprint density at radius 2 is 2.23 bits per heavy atom. The van der Waals surface area contributed by atoms with Crippen molar-refractivity contribution >= 4 is 23.1 Å². The van der Waals surface area contributed by atoms with Gasteiger partial charge in [-0.25, -0.2) is 0 Å². The number of nitrogens with two attached hydrogens (primary N) is 1. The van der Waals surface area contributed by atoms with E-state index in [1.807, 2.05) is 6.92 Å². The first-order chi connectivity index (χ1) is 6.15. The molecule has 1 aromatic rings. The van der Waals surface area contributed by atoms with Gasteiger partial charge in [0.25, 0.3) is 0 Å². The summed E-state index contributed by atoms with van der Waals surface area (Å²) in [6.07, 6.45) is 0.381. The van der Waals surface area contributed by atoms with Crippen LogP contribution in [0.15, 0.2) is 18.2 Å². The Kier molecular flexibility index (Phi) is 3.32. The zero-order chi connectivity index (χ0) is 9.84. The Labute approximate surface area is 82.7 Å². The highest BCUT2D eigenvalue weighted by molar-refractivity contribution is 6.19. The number of Topliss-reactive ketones (excluding diaryl/α,β-unsaturated/α-hetero) is 1. The molecule has 0 saturated carbocycles. The third-order valence-corrected chi connectivity index (χ3v) is 2.06. The number of carbonyl (C=O) groups excluding carboxylic acids is 1. The number of aryl methyl sites for hydroxylation is 1. The van der Waals surface area contributed by atoms with Gasteiger partial charge in [0.2, 0.25) is 0 Å². The Bertz CT molecular complexity index is 323. The van der Waals surface area contributed by atoms with Crippen molar-refractivity contribution in [2.75, 3.05) is 11.6 Å². The normalized spacial score (nSPS) is 10.0. The number of carbonyl (C=O) groups is 1. The highest BCUT2D eigenvalue weighted by atomic mass is 35.5. The first-order valence-electron chi connectivity index (χ1n) is 4.10. The van der Waals surface area contributed by atoms with Crippen LogP contribution in [0.25, 0.3) is 0 Å². The molecule has 2 nitrogen and oxygen atoms in total. The standard InChI is InChI=1S/C10H12ClNO/c1-7-6-8(12)2-3-9(7)10(13)4-5-11/h2-3,6H,4-5,12H2,1H3. The van der Waals surface area contributed by atoms with Crippen molar-refractivity contribution in [3.63, 3.8) is 0 Å². The summed E-state index contributed by atoms with van der Waals surface area (Å²) >= 11 is 5.48. The summed E-state index contributed by atoms with van der Waals surface area (Å²) < 4.78 is 0. The molecule has 70 valence electrons. The van der Waals surface area contributed by atoms with Crippen LogP contribution < -0.4 is 5.73 Å². The summed E-state index contributed by atoms with van der Waals surface area (Å²) in [7, 11) is 0. The van der Waals surface area contributed by atoms with Crippen LogP contribution in [0, 0.1) is 6.92 Å². The van der Waals surface area contributed by atoms with Crippen LogP contribution in [-0.4, -0.2) is 11.7 Å². The van der Waals surface area contributed by atoms with Crippen molar-refractivity contribution < 1.29 is 4.79 Å². The van der Waals surface area contributed by atoms with Gasteiger partial charge in [0.15, 0.2) is 5.78 Å². The molecule has 0 radical (unpaired) electrons. The maximum Gasteiger partial charge on any atom is 0.164 e.